The van der Waals surface area contributed by atoms with Gasteiger partial charge in [0.2, 0.25) is 22.7 Å². The molecule has 8 heteroatoms. The number of nitrogens with zero attached hydrogens (tertiary/aromatic N) is 1. The van der Waals surface area contributed by atoms with Crippen molar-refractivity contribution in [2.45, 2.75) is 44.6 Å². The van der Waals surface area contributed by atoms with Gasteiger partial charge in [-0.3, -0.25) is 4.79 Å². The first-order chi connectivity index (χ1) is 11.9. The van der Waals surface area contributed by atoms with Crippen LogP contribution in [0.2, 0.25) is 0 Å². The predicted molar refractivity (Wildman–Crippen MR) is 94.2 cm³/mol. The number of benzene rings is 1. The average Bonchev–Trinajstić information content (AvgIpc) is 2.84. The van der Waals surface area contributed by atoms with Gasteiger partial charge in [0, 0.05) is 17.8 Å². The Hall–Kier alpha value is -1.80. The molecule has 0 unspecified atom stereocenters. The van der Waals surface area contributed by atoms with E-state index in [4.69, 9.17) is 9.47 Å². The molecule has 1 aliphatic carbocycles. The number of fused-ring (bicyclic) bond motifs is 1. The van der Waals surface area contributed by atoms with Crippen LogP contribution in [-0.4, -0.2) is 44.3 Å². The zero-order chi connectivity index (χ0) is 17.9. The number of anilines is 1. The number of carbonyl (C=O) groups is 1. The molecule has 1 amide bonds. The molecule has 138 valence electrons. The van der Waals surface area contributed by atoms with Gasteiger partial charge < -0.3 is 14.8 Å². The van der Waals surface area contributed by atoms with E-state index in [0.29, 0.717) is 17.2 Å². The van der Waals surface area contributed by atoms with Crippen LogP contribution in [0.15, 0.2) is 18.2 Å². The highest BCUT2D eigenvalue weighted by Gasteiger charge is 2.29. The molecule has 1 N–H and O–H groups in total. The number of sulfonamides is 1. The molecule has 0 radical (unpaired) electrons. The summed E-state index contributed by atoms with van der Waals surface area (Å²) in [7, 11) is -3.45. The minimum absolute atomic E-state index is 0.0972. The maximum Gasteiger partial charge on any atom is 0.239 e. The maximum atomic E-state index is 12.4. The van der Waals surface area contributed by atoms with Crippen LogP contribution in [0.4, 0.5) is 5.69 Å². The molecule has 1 saturated carbocycles. The van der Waals surface area contributed by atoms with Gasteiger partial charge in [0.1, 0.15) is 0 Å². The molecule has 1 fully saturated rings. The number of ether oxygens (including phenoxy) is 2. The highest BCUT2D eigenvalue weighted by Crippen LogP contribution is 2.34. The Kier molecular flexibility index (Phi) is 5.48. The molecule has 1 heterocycles. The molecule has 3 rings (SSSR count). The van der Waals surface area contributed by atoms with Crippen molar-refractivity contribution in [2.24, 2.45) is 0 Å². The van der Waals surface area contributed by atoms with Gasteiger partial charge in [0.15, 0.2) is 11.5 Å². The summed E-state index contributed by atoms with van der Waals surface area (Å²) in [5, 5.41) is 2.75. The third-order valence-corrected chi connectivity index (χ3v) is 5.89. The second-order valence-electron chi connectivity index (χ2n) is 6.57. The minimum atomic E-state index is -3.45. The summed E-state index contributed by atoms with van der Waals surface area (Å²) >= 11 is 0. The Morgan fingerprint density at radius 1 is 1.16 bits per heavy atom. The van der Waals surface area contributed by atoms with Crippen molar-refractivity contribution in [3.8, 4) is 11.5 Å². The third-order valence-electron chi connectivity index (χ3n) is 4.61. The molecule has 2 aliphatic rings. The Labute approximate surface area is 148 Å². The number of hydrogen-bond donors (Lipinski definition) is 1. The predicted octanol–water partition coefficient (Wildman–Crippen LogP) is 2.34. The molecule has 1 aromatic carbocycles. The first-order valence-electron chi connectivity index (χ1n) is 8.60. The van der Waals surface area contributed by atoms with E-state index in [9.17, 15) is 13.2 Å². The van der Waals surface area contributed by atoms with Crippen molar-refractivity contribution in [3.63, 3.8) is 0 Å². The van der Waals surface area contributed by atoms with Gasteiger partial charge in [0.25, 0.3) is 0 Å². The van der Waals surface area contributed by atoms with Crippen molar-refractivity contribution in [2.75, 3.05) is 24.9 Å². The van der Waals surface area contributed by atoms with Crippen molar-refractivity contribution >= 4 is 21.6 Å². The Morgan fingerprint density at radius 3 is 2.52 bits per heavy atom. The summed E-state index contributed by atoms with van der Waals surface area (Å²) in [6, 6.07) is 5.01. The fourth-order valence-corrected chi connectivity index (χ4v) is 4.48. The van der Waals surface area contributed by atoms with E-state index >= 15 is 0 Å². The summed E-state index contributed by atoms with van der Waals surface area (Å²) in [4.78, 5) is 12.4. The van der Waals surface area contributed by atoms with E-state index in [1.807, 2.05) is 0 Å². The van der Waals surface area contributed by atoms with Crippen LogP contribution in [0.1, 0.15) is 38.5 Å². The van der Waals surface area contributed by atoms with Gasteiger partial charge in [-0.25, -0.2) is 8.42 Å². The number of rotatable bonds is 5. The smallest absolute Gasteiger partial charge is 0.239 e. The fraction of sp³-hybridized carbons (Fsp3) is 0.588. The molecular weight excluding hydrogens is 344 g/mol. The largest absolute Gasteiger partial charge is 0.454 e. The average molecular weight is 368 g/mol. The summed E-state index contributed by atoms with van der Waals surface area (Å²) < 4.78 is 36.3. The van der Waals surface area contributed by atoms with Crippen molar-refractivity contribution < 1.29 is 22.7 Å². The first-order valence-corrected chi connectivity index (χ1v) is 10.4. The first kappa shape index (κ1) is 18.0. The molecule has 0 atom stereocenters. The molecule has 0 spiro atoms. The second kappa shape index (κ2) is 7.61. The number of nitrogens with one attached hydrogen (secondary N) is 1. The van der Waals surface area contributed by atoms with Gasteiger partial charge in [-0.1, -0.05) is 25.7 Å². The van der Waals surface area contributed by atoms with Crippen molar-refractivity contribution in [1.82, 2.24) is 4.31 Å². The van der Waals surface area contributed by atoms with Crippen LogP contribution in [-0.2, 0) is 14.8 Å². The van der Waals surface area contributed by atoms with Crippen molar-refractivity contribution in [1.29, 1.82) is 0 Å². The Balaban J connectivity index is 1.67. The molecule has 7 nitrogen and oxygen atoms in total. The van der Waals surface area contributed by atoms with Gasteiger partial charge in [-0.05, 0) is 25.0 Å². The van der Waals surface area contributed by atoms with E-state index in [-0.39, 0.29) is 25.3 Å². The van der Waals surface area contributed by atoms with Crippen LogP contribution < -0.4 is 14.8 Å². The normalized spacial score (nSPS) is 18.2. The van der Waals surface area contributed by atoms with Gasteiger partial charge in [0.05, 0.1) is 12.8 Å². The number of carbonyl (C=O) groups excluding carboxylic acids is 1. The highest BCUT2D eigenvalue weighted by molar-refractivity contribution is 7.88. The fourth-order valence-electron chi connectivity index (χ4n) is 3.38. The van der Waals surface area contributed by atoms with E-state index < -0.39 is 10.0 Å². The summed E-state index contributed by atoms with van der Waals surface area (Å²) in [6.07, 6.45) is 7.04. The van der Waals surface area contributed by atoms with Gasteiger partial charge in [-0.2, -0.15) is 4.31 Å². The van der Waals surface area contributed by atoms with Crippen LogP contribution in [0.5, 0.6) is 11.5 Å². The SMILES string of the molecule is CS(=O)(=O)N(CC(=O)Nc1ccc2c(c1)OCO2)C1CCCCCC1. The molecule has 1 aromatic rings. The number of hydrogen-bond acceptors (Lipinski definition) is 5. The third kappa shape index (κ3) is 4.64. The molecular formula is C17H24N2O5S. The summed E-state index contributed by atoms with van der Waals surface area (Å²) in [6.45, 7) is -0.00574. The van der Waals surface area contributed by atoms with E-state index in [0.717, 1.165) is 38.5 Å². The molecule has 0 bridgehead atoms. The van der Waals surface area contributed by atoms with Crippen molar-refractivity contribution in [3.05, 3.63) is 18.2 Å². The molecule has 1 aliphatic heterocycles. The lowest BCUT2D eigenvalue weighted by molar-refractivity contribution is -0.116. The monoisotopic (exact) mass is 368 g/mol. The zero-order valence-corrected chi connectivity index (χ0v) is 15.2. The quantitative estimate of drug-likeness (QED) is 0.807. The second-order valence-corrected chi connectivity index (χ2v) is 8.50. The summed E-state index contributed by atoms with van der Waals surface area (Å²) in [5.74, 6) is 0.851. The lowest BCUT2D eigenvalue weighted by Gasteiger charge is -2.28. The van der Waals surface area contributed by atoms with E-state index in [1.165, 1.54) is 10.6 Å². The number of amides is 1. The van der Waals surface area contributed by atoms with Gasteiger partial charge >= 0.3 is 0 Å². The topological polar surface area (TPSA) is 84.9 Å². The Morgan fingerprint density at radius 2 is 1.84 bits per heavy atom. The Bertz CT molecular complexity index is 727. The molecule has 25 heavy (non-hydrogen) atoms. The van der Waals surface area contributed by atoms with Crippen LogP contribution in [0, 0.1) is 0 Å². The minimum Gasteiger partial charge on any atom is -0.454 e. The van der Waals surface area contributed by atoms with Crippen LogP contribution >= 0.6 is 0 Å². The zero-order valence-electron chi connectivity index (χ0n) is 14.4. The van der Waals surface area contributed by atoms with Gasteiger partial charge in [-0.15, -0.1) is 0 Å². The van der Waals surface area contributed by atoms with Crippen LogP contribution in [0.25, 0.3) is 0 Å². The molecule has 0 saturated heterocycles. The maximum absolute atomic E-state index is 12.4. The summed E-state index contributed by atoms with van der Waals surface area (Å²) in [5.41, 5.74) is 0.559. The lowest BCUT2D eigenvalue weighted by Crippen LogP contribution is -2.44. The lowest BCUT2D eigenvalue weighted by atomic mass is 10.1. The highest BCUT2D eigenvalue weighted by atomic mass is 32.2. The van der Waals surface area contributed by atoms with E-state index in [2.05, 4.69) is 5.32 Å². The van der Waals surface area contributed by atoms with E-state index in [1.54, 1.807) is 18.2 Å². The van der Waals surface area contributed by atoms with Crippen LogP contribution in [0.3, 0.4) is 0 Å². The molecule has 0 aromatic heterocycles. The standard InChI is InChI=1S/C17H24N2O5S/c1-25(21,22)19(14-6-4-2-3-5-7-14)11-17(20)18-13-8-9-15-16(10-13)24-12-23-15/h8-10,14H,2-7,11-12H2,1H3,(H,18,20).